The zero-order valence-corrected chi connectivity index (χ0v) is 18.8. The molecule has 3 heterocycles. The maximum absolute atomic E-state index is 13.7. The number of carbonyl (C=O) groups is 2. The molecule has 4 aromatic rings. The molecule has 0 aliphatic carbocycles. The number of carbonyl (C=O) groups excluding carboxylic acids is 2. The number of halogens is 1. The number of ether oxygens (including phenoxy) is 1. The van der Waals surface area contributed by atoms with E-state index in [0.717, 1.165) is 11.3 Å². The molecule has 1 atom stereocenters. The van der Waals surface area contributed by atoms with Crippen LogP contribution in [0.25, 0.3) is 16.0 Å². The number of nitrogens with zero attached hydrogens (tertiary/aromatic N) is 3. The highest BCUT2D eigenvalue weighted by molar-refractivity contribution is 7.22. The van der Waals surface area contributed by atoms with Gasteiger partial charge in [0, 0.05) is 18.0 Å². The Morgan fingerprint density at radius 3 is 2.56 bits per heavy atom. The number of hydrogen-bond donors (Lipinski definition) is 1. The first-order valence-corrected chi connectivity index (χ1v) is 11.3. The van der Waals surface area contributed by atoms with E-state index in [4.69, 9.17) is 4.74 Å². The van der Waals surface area contributed by atoms with Crippen molar-refractivity contribution in [3.05, 3.63) is 89.5 Å². The average molecular weight is 476 g/mol. The minimum atomic E-state index is -0.931. The Labute approximate surface area is 197 Å². The molecule has 170 valence electrons. The van der Waals surface area contributed by atoms with Crippen LogP contribution in [0.4, 0.5) is 9.52 Å². The van der Waals surface area contributed by atoms with E-state index in [9.17, 15) is 19.1 Å². The number of fused-ring (bicyclic) bond motifs is 1. The van der Waals surface area contributed by atoms with Crippen molar-refractivity contribution < 1.29 is 23.8 Å². The van der Waals surface area contributed by atoms with Gasteiger partial charge in [0.05, 0.1) is 28.4 Å². The lowest BCUT2D eigenvalue weighted by atomic mass is 9.96. The van der Waals surface area contributed by atoms with E-state index in [2.05, 4.69) is 9.97 Å². The van der Waals surface area contributed by atoms with Crippen LogP contribution in [0.3, 0.4) is 0 Å². The van der Waals surface area contributed by atoms with E-state index in [-0.39, 0.29) is 16.5 Å². The van der Waals surface area contributed by atoms with E-state index in [1.165, 1.54) is 23.1 Å². The second-order valence-corrected chi connectivity index (χ2v) is 8.52. The third-order valence-corrected chi connectivity index (χ3v) is 6.47. The van der Waals surface area contributed by atoms with Crippen molar-refractivity contribution in [2.45, 2.75) is 13.0 Å². The number of aliphatic hydroxyl groups excluding tert-OH is 1. The Balaban J connectivity index is 1.67. The molecule has 1 aliphatic rings. The van der Waals surface area contributed by atoms with Crippen molar-refractivity contribution in [1.29, 1.82) is 0 Å². The highest BCUT2D eigenvalue weighted by Crippen LogP contribution is 2.44. The van der Waals surface area contributed by atoms with Crippen LogP contribution in [-0.4, -0.2) is 33.4 Å². The third kappa shape index (κ3) is 3.69. The summed E-state index contributed by atoms with van der Waals surface area (Å²) in [7, 11) is 0. The number of benzene rings is 2. The topological polar surface area (TPSA) is 92.6 Å². The quantitative estimate of drug-likeness (QED) is 0.252. The Morgan fingerprint density at radius 2 is 1.85 bits per heavy atom. The predicted molar refractivity (Wildman–Crippen MR) is 126 cm³/mol. The molecule has 1 N–H and O–H groups in total. The normalized spacial score (nSPS) is 17.5. The Kier molecular flexibility index (Phi) is 5.54. The molecular weight excluding hydrogens is 457 g/mol. The molecule has 1 fully saturated rings. The molecule has 7 nitrogen and oxygen atoms in total. The lowest BCUT2D eigenvalue weighted by Crippen LogP contribution is -2.29. The number of hydrogen-bond acceptors (Lipinski definition) is 7. The number of amides is 1. The number of Topliss-reactive ketones (excluding diaryl/α,β-unsaturated/α-hetero) is 1. The van der Waals surface area contributed by atoms with Crippen LogP contribution in [0.2, 0.25) is 0 Å². The van der Waals surface area contributed by atoms with Gasteiger partial charge in [-0.05, 0) is 67.1 Å². The first-order valence-electron chi connectivity index (χ1n) is 10.5. The molecule has 5 rings (SSSR count). The summed E-state index contributed by atoms with van der Waals surface area (Å²) in [5, 5.41) is 11.4. The first-order chi connectivity index (χ1) is 16.5. The van der Waals surface area contributed by atoms with Crippen LogP contribution < -0.4 is 9.64 Å². The minimum Gasteiger partial charge on any atom is -0.507 e. The molecule has 0 saturated carbocycles. The van der Waals surface area contributed by atoms with Gasteiger partial charge < -0.3 is 9.84 Å². The fourth-order valence-electron chi connectivity index (χ4n) is 3.91. The van der Waals surface area contributed by atoms with Gasteiger partial charge in [-0.1, -0.05) is 11.3 Å². The van der Waals surface area contributed by atoms with Gasteiger partial charge in [0.15, 0.2) is 5.13 Å². The van der Waals surface area contributed by atoms with Crippen molar-refractivity contribution in [1.82, 2.24) is 9.97 Å². The second kappa shape index (κ2) is 8.68. The molecule has 9 heteroatoms. The molecule has 1 amide bonds. The summed E-state index contributed by atoms with van der Waals surface area (Å²) in [6.07, 6.45) is 3.08. The monoisotopic (exact) mass is 475 g/mol. The van der Waals surface area contributed by atoms with Gasteiger partial charge >= 0.3 is 5.91 Å². The zero-order valence-electron chi connectivity index (χ0n) is 17.9. The fraction of sp³-hybridized carbons (Fsp3) is 0.120. The second-order valence-electron chi connectivity index (χ2n) is 7.52. The zero-order chi connectivity index (χ0) is 23.8. The van der Waals surface area contributed by atoms with Gasteiger partial charge in [0.25, 0.3) is 5.78 Å². The standard InChI is InChI=1S/C25H18FN3O4S/c1-2-33-17-6-3-15(4-7-17)22(30)20-21(14-9-11-27-12-10-14)29(24(32)23(20)31)25-28-18-8-5-16(26)13-19(18)34-25/h3-13,21,30H,2H2,1H3. The molecule has 1 unspecified atom stereocenters. The number of aromatic nitrogens is 2. The maximum atomic E-state index is 13.7. The van der Waals surface area contributed by atoms with E-state index in [1.807, 2.05) is 6.92 Å². The van der Waals surface area contributed by atoms with E-state index < -0.39 is 23.5 Å². The number of thiazole rings is 1. The smallest absolute Gasteiger partial charge is 0.301 e. The van der Waals surface area contributed by atoms with Crippen LogP contribution in [0.15, 0.2) is 72.6 Å². The largest absolute Gasteiger partial charge is 0.507 e. The molecule has 2 aromatic heterocycles. The number of rotatable bonds is 5. The lowest BCUT2D eigenvalue weighted by molar-refractivity contribution is -0.132. The highest BCUT2D eigenvalue weighted by Gasteiger charge is 2.48. The highest BCUT2D eigenvalue weighted by atomic mass is 32.1. The lowest BCUT2D eigenvalue weighted by Gasteiger charge is -2.22. The molecule has 0 spiro atoms. The van der Waals surface area contributed by atoms with Crippen LogP contribution in [0.1, 0.15) is 24.1 Å². The molecule has 0 radical (unpaired) electrons. The summed E-state index contributed by atoms with van der Waals surface area (Å²) in [5.41, 5.74) is 1.38. The van der Waals surface area contributed by atoms with Crippen LogP contribution in [0, 0.1) is 5.82 Å². The predicted octanol–water partition coefficient (Wildman–Crippen LogP) is 4.86. The summed E-state index contributed by atoms with van der Waals surface area (Å²) in [6.45, 7) is 2.35. The molecule has 1 saturated heterocycles. The van der Waals surface area contributed by atoms with Gasteiger partial charge in [0.1, 0.15) is 17.3 Å². The molecule has 2 aromatic carbocycles. The molecule has 34 heavy (non-hydrogen) atoms. The van der Waals surface area contributed by atoms with Crippen LogP contribution >= 0.6 is 11.3 Å². The summed E-state index contributed by atoms with van der Waals surface area (Å²) >= 11 is 1.10. The Morgan fingerprint density at radius 1 is 1.12 bits per heavy atom. The van der Waals surface area contributed by atoms with Gasteiger partial charge in [0.2, 0.25) is 0 Å². The number of aliphatic hydroxyl groups is 1. The minimum absolute atomic E-state index is 0.0641. The summed E-state index contributed by atoms with van der Waals surface area (Å²) in [5.74, 6) is -1.77. The van der Waals surface area contributed by atoms with E-state index in [1.54, 1.807) is 48.8 Å². The average Bonchev–Trinajstić information content (AvgIpc) is 3.37. The number of pyridine rings is 1. The van der Waals surface area contributed by atoms with E-state index >= 15 is 0 Å². The van der Waals surface area contributed by atoms with Gasteiger partial charge in [-0.2, -0.15) is 0 Å². The van der Waals surface area contributed by atoms with Crippen molar-refractivity contribution in [2.75, 3.05) is 11.5 Å². The third-order valence-electron chi connectivity index (χ3n) is 5.45. The number of anilines is 1. The molecule has 0 bridgehead atoms. The maximum Gasteiger partial charge on any atom is 0.301 e. The van der Waals surface area contributed by atoms with Crippen molar-refractivity contribution in [3.8, 4) is 5.75 Å². The van der Waals surface area contributed by atoms with Gasteiger partial charge in [-0.3, -0.25) is 19.5 Å². The summed E-state index contributed by atoms with van der Waals surface area (Å²) < 4.78 is 19.7. The molecule has 1 aliphatic heterocycles. The van der Waals surface area contributed by atoms with Gasteiger partial charge in [-0.15, -0.1) is 0 Å². The van der Waals surface area contributed by atoms with Crippen molar-refractivity contribution in [3.63, 3.8) is 0 Å². The van der Waals surface area contributed by atoms with Gasteiger partial charge in [-0.25, -0.2) is 9.37 Å². The summed E-state index contributed by atoms with van der Waals surface area (Å²) in [4.78, 5) is 36.1. The molecular formula is C25H18FN3O4S. The first kappa shape index (κ1) is 21.7. The number of ketones is 1. The Hall–Kier alpha value is -4.11. The van der Waals surface area contributed by atoms with Crippen molar-refractivity contribution in [2.24, 2.45) is 0 Å². The Bertz CT molecular complexity index is 1430. The summed E-state index contributed by atoms with van der Waals surface area (Å²) in [6, 6.07) is 13.1. The SMILES string of the molecule is CCOc1ccc(C(O)=C2C(=O)C(=O)N(c3nc4ccc(F)cc4s3)C2c2ccncc2)cc1. The van der Waals surface area contributed by atoms with E-state index in [0.29, 0.717) is 33.7 Å². The van der Waals surface area contributed by atoms with Crippen LogP contribution in [-0.2, 0) is 9.59 Å². The van der Waals surface area contributed by atoms with Crippen LogP contribution in [0.5, 0.6) is 5.75 Å². The van der Waals surface area contributed by atoms with Crippen molar-refractivity contribution >= 4 is 44.1 Å². The fourth-order valence-corrected chi connectivity index (χ4v) is 4.93.